The number of carbonyl (C=O) groups excluding carboxylic acids is 3. The van der Waals surface area contributed by atoms with E-state index in [1.807, 2.05) is 6.07 Å². The van der Waals surface area contributed by atoms with Crippen LogP contribution in [0, 0.1) is 0 Å². The van der Waals surface area contributed by atoms with Crippen molar-refractivity contribution in [1.82, 2.24) is 15.8 Å². The first-order chi connectivity index (χ1) is 12.6. The highest BCUT2D eigenvalue weighted by Crippen LogP contribution is 2.33. The number of halogens is 1. The Bertz CT molecular complexity index is 875. The molecule has 10 heteroatoms. The minimum Gasteiger partial charge on any atom is -0.494 e. The maximum atomic E-state index is 12.0. The third-order valence-electron chi connectivity index (χ3n) is 3.07. The Morgan fingerprint density at radius 2 is 1.85 bits per heavy atom. The fraction of sp³-hybridized carbons (Fsp3) is 0.412. The van der Waals surface area contributed by atoms with E-state index in [1.165, 1.54) is 11.3 Å². The number of thiazole rings is 1. The molecular formula is C17H20BrN3O5S. The lowest BCUT2D eigenvalue weighted by molar-refractivity contribution is -0.156. The normalized spacial score (nSPS) is 11.1. The van der Waals surface area contributed by atoms with E-state index in [0.717, 1.165) is 9.17 Å². The number of esters is 1. The quantitative estimate of drug-likeness (QED) is 0.405. The van der Waals surface area contributed by atoms with Crippen LogP contribution < -0.4 is 15.6 Å². The summed E-state index contributed by atoms with van der Waals surface area (Å²) in [5.74, 6) is -1.18. The number of hydrogen-bond acceptors (Lipinski definition) is 7. The average molecular weight is 458 g/mol. The molecule has 0 saturated carbocycles. The van der Waals surface area contributed by atoms with Gasteiger partial charge in [0.15, 0.2) is 0 Å². The van der Waals surface area contributed by atoms with Crippen molar-refractivity contribution in [2.24, 2.45) is 0 Å². The van der Waals surface area contributed by atoms with E-state index in [9.17, 15) is 14.4 Å². The largest absolute Gasteiger partial charge is 0.494 e. The molecule has 0 radical (unpaired) electrons. The van der Waals surface area contributed by atoms with E-state index >= 15 is 0 Å². The third-order valence-corrected chi connectivity index (χ3v) is 4.53. The van der Waals surface area contributed by atoms with E-state index < -0.39 is 29.8 Å². The first-order valence-electron chi connectivity index (χ1n) is 8.00. The molecule has 0 unspecified atom stereocenters. The predicted octanol–water partition coefficient (Wildman–Crippen LogP) is 2.49. The van der Waals surface area contributed by atoms with E-state index in [1.54, 1.807) is 33.9 Å². The van der Waals surface area contributed by atoms with E-state index in [4.69, 9.17) is 9.47 Å². The summed E-state index contributed by atoms with van der Waals surface area (Å²) in [6.07, 6.45) is -0.503. The third kappa shape index (κ3) is 6.47. The second-order valence-corrected chi connectivity index (χ2v) is 8.63. The molecule has 1 aromatic heterocycles. The molecule has 1 heterocycles. The van der Waals surface area contributed by atoms with Crippen LogP contribution in [0.15, 0.2) is 16.6 Å². The molecule has 1 aromatic carbocycles. The van der Waals surface area contributed by atoms with Gasteiger partial charge in [0.1, 0.15) is 28.3 Å². The second-order valence-electron chi connectivity index (χ2n) is 6.60. The minimum atomic E-state index is -0.677. The number of rotatable bonds is 5. The fourth-order valence-corrected chi connectivity index (χ4v) is 3.73. The van der Waals surface area contributed by atoms with Gasteiger partial charge < -0.3 is 9.47 Å². The van der Waals surface area contributed by atoms with Crippen molar-refractivity contribution < 1.29 is 23.9 Å². The van der Waals surface area contributed by atoms with Crippen molar-refractivity contribution in [3.8, 4) is 5.75 Å². The maximum absolute atomic E-state index is 12.0. The molecule has 2 N–H and O–H groups in total. The number of amides is 2. The Morgan fingerprint density at radius 1 is 1.19 bits per heavy atom. The lowest BCUT2D eigenvalue weighted by atomic mass is 10.2. The van der Waals surface area contributed by atoms with Crippen molar-refractivity contribution in [3.05, 3.63) is 21.6 Å². The van der Waals surface area contributed by atoms with Crippen LogP contribution in [0.25, 0.3) is 10.2 Å². The predicted molar refractivity (Wildman–Crippen MR) is 104 cm³/mol. The summed E-state index contributed by atoms with van der Waals surface area (Å²) in [6.45, 7) is 5.11. The number of nitrogens with one attached hydrogen (secondary N) is 2. The molecule has 0 atom stereocenters. The second kappa shape index (κ2) is 8.66. The van der Waals surface area contributed by atoms with Crippen LogP contribution in [0.5, 0.6) is 5.75 Å². The van der Waals surface area contributed by atoms with Gasteiger partial charge in [-0.25, -0.2) is 4.98 Å². The Kier molecular flexibility index (Phi) is 6.77. The molecule has 0 aliphatic carbocycles. The topological polar surface area (TPSA) is 107 Å². The summed E-state index contributed by atoms with van der Waals surface area (Å²) < 4.78 is 12.1. The zero-order chi connectivity index (χ0) is 20.2. The molecule has 0 spiro atoms. The van der Waals surface area contributed by atoms with E-state index in [0.29, 0.717) is 16.3 Å². The first-order valence-corrected chi connectivity index (χ1v) is 9.61. The fourth-order valence-electron chi connectivity index (χ4n) is 2.12. The van der Waals surface area contributed by atoms with Crippen LogP contribution in [0.4, 0.5) is 0 Å². The molecule has 0 fully saturated rings. The number of benzene rings is 1. The van der Waals surface area contributed by atoms with E-state index in [2.05, 4.69) is 31.8 Å². The number of fused-ring (bicyclic) bond motifs is 1. The van der Waals surface area contributed by atoms with Gasteiger partial charge in [-0.3, -0.25) is 25.2 Å². The zero-order valence-electron chi connectivity index (χ0n) is 15.3. The van der Waals surface area contributed by atoms with Crippen molar-refractivity contribution in [2.75, 3.05) is 7.11 Å². The van der Waals surface area contributed by atoms with Crippen molar-refractivity contribution in [2.45, 2.75) is 39.2 Å². The Labute approximate surface area is 168 Å². The van der Waals surface area contributed by atoms with Crippen molar-refractivity contribution in [1.29, 1.82) is 0 Å². The monoisotopic (exact) mass is 457 g/mol. The Balaban J connectivity index is 1.90. The Hall–Kier alpha value is -2.20. The molecule has 0 bridgehead atoms. The SMILES string of the molecule is COc1cc(Br)cc2sc(CC(=O)NNC(=O)CC(=O)OC(C)(C)C)nc12. The number of aromatic nitrogens is 1. The van der Waals surface area contributed by atoms with Crippen LogP contribution >= 0.6 is 27.3 Å². The van der Waals surface area contributed by atoms with Crippen LogP contribution in [0.1, 0.15) is 32.2 Å². The molecule has 0 aliphatic rings. The summed E-state index contributed by atoms with van der Waals surface area (Å²) in [5, 5.41) is 0.570. The molecule has 2 rings (SSSR count). The van der Waals surface area contributed by atoms with Gasteiger partial charge in [0.25, 0.3) is 0 Å². The summed E-state index contributed by atoms with van der Waals surface area (Å²) in [4.78, 5) is 39.7. The molecule has 8 nitrogen and oxygen atoms in total. The van der Waals surface area contributed by atoms with Crippen LogP contribution in [-0.2, 0) is 25.5 Å². The molecular weight excluding hydrogens is 438 g/mol. The van der Waals surface area contributed by atoms with Crippen LogP contribution in [0.2, 0.25) is 0 Å². The number of ether oxygens (including phenoxy) is 2. The summed E-state index contributed by atoms with van der Waals surface area (Å²) in [6, 6.07) is 3.68. The number of carbonyl (C=O) groups is 3. The summed E-state index contributed by atoms with van der Waals surface area (Å²) in [7, 11) is 1.55. The maximum Gasteiger partial charge on any atom is 0.315 e. The van der Waals surface area contributed by atoms with Crippen molar-refractivity contribution in [3.63, 3.8) is 0 Å². The van der Waals surface area contributed by atoms with E-state index in [-0.39, 0.29) is 6.42 Å². The molecule has 0 aliphatic heterocycles. The Morgan fingerprint density at radius 3 is 2.48 bits per heavy atom. The van der Waals surface area contributed by atoms with Gasteiger partial charge in [-0.05, 0) is 32.9 Å². The van der Waals surface area contributed by atoms with Gasteiger partial charge in [0, 0.05) is 4.47 Å². The molecule has 0 saturated heterocycles. The van der Waals surface area contributed by atoms with Gasteiger partial charge >= 0.3 is 5.97 Å². The van der Waals surface area contributed by atoms with Crippen LogP contribution in [0.3, 0.4) is 0 Å². The lowest BCUT2D eigenvalue weighted by Crippen LogP contribution is -2.43. The molecule has 2 aromatic rings. The highest BCUT2D eigenvalue weighted by molar-refractivity contribution is 9.10. The molecule has 146 valence electrons. The molecule has 2 amide bonds. The number of hydrogen-bond donors (Lipinski definition) is 2. The van der Waals surface area contributed by atoms with Gasteiger partial charge in [-0.15, -0.1) is 11.3 Å². The minimum absolute atomic E-state index is 0.0210. The number of nitrogens with zero attached hydrogens (tertiary/aromatic N) is 1. The zero-order valence-corrected chi connectivity index (χ0v) is 17.7. The highest BCUT2D eigenvalue weighted by atomic mass is 79.9. The first kappa shape index (κ1) is 21.1. The number of hydrazine groups is 1. The van der Waals surface area contributed by atoms with Crippen molar-refractivity contribution >= 4 is 55.3 Å². The summed E-state index contributed by atoms with van der Waals surface area (Å²) >= 11 is 4.75. The van der Waals surface area contributed by atoms with Crippen LogP contribution in [-0.4, -0.2) is 35.5 Å². The highest BCUT2D eigenvalue weighted by Gasteiger charge is 2.19. The lowest BCUT2D eigenvalue weighted by Gasteiger charge is -2.19. The van der Waals surface area contributed by atoms with Gasteiger partial charge in [0.05, 0.1) is 18.2 Å². The smallest absolute Gasteiger partial charge is 0.315 e. The summed E-state index contributed by atoms with van der Waals surface area (Å²) in [5.41, 5.74) is 4.45. The van der Waals surface area contributed by atoms with Gasteiger partial charge in [-0.1, -0.05) is 15.9 Å². The van der Waals surface area contributed by atoms with Gasteiger partial charge in [-0.2, -0.15) is 0 Å². The molecule has 27 heavy (non-hydrogen) atoms. The standard InChI is InChI=1S/C17H20BrN3O5S/c1-17(2,3)26-15(24)8-13(23)21-20-12(22)7-14-19-16-10(25-4)5-9(18)6-11(16)27-14/h5-6H,7-8H2,1-4H3,(H,20,22)(H,21,23). The average Bonchev–Trinajstić information content (AvgIpc) is 2.92. The van der Waals surface area contributed by atoms with Gasteiger partial charge in [0.2, 0.25) is 11.8 Å². The number of methoxy groups -OCH3 is 1.